The molecule has 0 aliphatic carbocycles. The fraction of sp³-hybridized carbons (Fsp3) is 1.00. The molecule has 0 saturated carbocycles. The monoisotopic (exact) mass is 195 g/mol. The molecular weight excluding hydrogens is 178 g/mol. The van der Waals surface area contributed by atoms with E-state index in [2.05, 4.69) is 5.32 Å². The molecule has 1 fully saturated rings. The minimum Gasteiger partial charge on any atom is -0.382 e. The maximum Gasteiger partial charge on any atom is 0.0704 e. The van der Waals surface area contributed by atoms with Gasteiger partial charge in [-0.1, -0.05) is 0 Å². The number of hydrogen-bond donors (Lipinski definition) is 1. The van der Waals surface area contributed by atoms with Gasteiger partial charge in [0.2, 0.25) is 0 Å². The molecule has 1 aliphatic rings. The zero-order valence-electron chi connectivity index (χ0n) is 7.54. The van der Waals surface area contributed by atoms with Crippen molar-refractivity contribution in [1.29, 1.82) is 0 Å². The molecule has 1 unspecified atom stereocenters. The van der Waals surface area contributed by atoms with Crippen molar-refractivity contribution >= 4 is 12.4 Å². The average molecular weight is 196 g/mol. The summed E-state index contributed by atoms with van der Waals surface area (Å²) in [5.41, 5.74) is 0. The maximum atomic E-state index is 5.54. The Bertz CT molecular complexity index is 97.1. The van der Waals surface area contributed by atoms with Crippen LogP contribution in [0, 0.1) is 0 Å². The molecule has 1 heterocycles. The Hall–Kier alpha value is 0.170. The van der Waals surface area contributed by atoms with Gasteiger partial charge in [-0.15, -0.1) is 12.4 Å². The molecule has 74 valence electrons. The Balaban J connectivity index is 0.00000121. The first kappa shape index (κ1) is 12.2. The lowest BCUT2D eigenvalue weighted by Gasteiger charge is -2.22. The fourth-order valence-electron chi connectivity index (χ4n) is 1.26. The van der Waals surface area contributed by atoms with Crippen LogP contribution in [0.2, 0.25) is 0 Å². The number of methoxy groups -OCH3 is 1. The van der Waals surface area contributed by atoms with E-state index in [0.717, 1.165) is 19.7 Å². The van der Waals surface area contributed by atoms with Crippen LogP contribution >= 0.6 is 12.4 Å². The van der Waals surface area contributed by atoms with Crippen molar-refractivity contribution in [2.45, 2.75) is 18.9 Å². The molecule has 0 aromatic heterocycles. The Morgan fingerprint density at radius 3 is 2.83 bits per heavy atom. The van der Waals surface area contributed by atoms with Gasteiger partial charge in [-0.2, -0.15) is 0 Å². The first-order valence-corrected chi connectivity index (χ1v) is 4.24. The van der Waals surface area contributed by atoms with Gasteiger partial charge in [0.1, 0.15) is 0 Å². The van der Waals surface area contributed by atoms with E-state index < -0.39 is 0 Å². The largest absolute Gasteiger partial charge is 0.382 e. The number of halogens is 1. The number of nitrogens with one attached hydrogen (secondary N) is 1. The molecule has 1 N–H and O–H groups in total. The summed E-state index contributed by atoms with van der Waals surface area (Å²) in [4.78, 5) is 0. The second-order valence-corrected chi connectivity index (χ2v) is 2.83. The molecule has 1 aliphatic heterocycles. The van der Waals surface area contributed by atoms with Crippen LogP contribution in [0.4, 0.5) is 0 Å². The van der Waals surface area contributed by atoms with Crippen LogP contribution in [0.25, 0.3) is 0 Å². The summed E-state index contributed by atoms with van der Waals surface area (Å²) in [7, 11) is 1.70. The van der Waals surface area contributed by atoms with Crippen molar-refractivity contribution in [1.82, 2.24) is 5.32 Å². The maximum absolute atomic E-state index is 5.54. The predicted octanol–water partition coefficient (Wildman–Crippen LogP) is 0.823. The minimum atomic E-state index is 0. The summed E-state index contributed by atoms with van der Waals surface area (Å²) in [5.74, 6) is 0. The molecular formula is C8H18ClNO2. The van der Waals surface area contributed by atoms with E-state index in [1.807, 2.05) is 0 Å². The molecule has 12 heavy (non-hydrogen) atoms. The van der Waals surface area contributed by atoms with Gasteiger partial charge in [-0.3, -0.25) is 0 Å². The summed E-state index contributed by atoms with van der Waals surface area (Å²) < 4.78 is 10.4. The van der Waals surface area contributed by atoms with Gasteiger partial charge in [-0.05, 0) is 19.4 Å². The van der Waals surface area contributed by atoms with E-state index in [4.69, 9.17) is 9.47 Å². The summed E-state index contributed by atoms with van der Waals surface area (Å²) in [6.07, 6.45) is 2.84. The van der Waals surface area contributed by atoms with E-state index in [0.29, 0.717) is 12.7 Å². The lowest BCUT2D eigenvalue weighted by atomic mass is 10.1. The minimum absolute atomic E-state index is 0. The van der Waals surface area contributed by atoms with Crippen LogP contribution in [0.3, 0.4) is 0 Å². The molecule has 1 atom stereocenters. The highest BCUT2D eigenvalue weighted by Gasteiger charge is 2.11. The molecule has 1 saturated heterocycles. The standard InChI is InChI=1S/C8H17NO2.ClH/c1-10-5-6-11-8-3-2-4-9-7-8;/h8-9H,2-7H2,1H3;1H. The van der Waals surface area contributed by atoms with Crippen molar-refractivity contribution in [2.75, 3.05) is 33.4 Å². The molecule has 0 aromatic rings. The van der Waals surface area contributed by atoms with Crippen molar-refractivity contribution in [3.05, 3.63) is 0 Å². The summed E-state index contributed by atoms with van der Waals surface area (Å²) in [6, 6.07) is 0. The summed E-state index contributed by atoms with van der Waals surface area (Å²) in [5, 5.41) is 3.30. The molecule has 4 heteroatoms. The Morgan fingerprint density at radius 1 is 1.42 bits per heavy atom. The van der Waals surface area contributed by atoms with Gasteiger partial charge in [0.25, 0.3) is 0 Å². The van der Waals surface area contributed by atoms with Gasteiger partial charge in [0.15, 0.2) is 0 Å². The second kappa shape index (κ2) is 7.80. The molecule has 0 amide bonds. The average Bonchev–Trinajstić information content (AvgIpc) is 2.07. The van der Waals surface area contributed by atoms with Crippen LogP contribution in [0.1, 0.15) is 12.8 Å². The lowest BCUT2D eigenvalue weighted by Crippen LogP contribution is -2.35. The highest BCUT2D eigenvalue weighted by Crippen LogP contribution is 2.04. The SMILES string of the molecule is COCCOC1CCCNC1.Cl. The Kier molecular flexibility index (Phi) is 7.91. The first-order chi connectivity index (χ1) is 5.43. The highest BCUT2D eigenvalue weighted by atomic mass is 35.5. The van der Waals surface area contributed by atoms with Crippen molar-refractivity contribution < 1.29 is 9.47 Å². The molecule has 0 spiro atoms. The molecule has 3 nitrogen and oxygen atoms in total. The first-order valence-electron chi connectivity index (χ1n) is 4.24. The number of hydrogen-bond acceptors (Lipinski definition) is 3. The number of rotatable bonds is 4. The predicted molar refractivity (Wildman–Crippen MR) is 51.0 cm³/mol. The second-order valence-electron chi connectivity index (χ2n) is 2.83. The Morgan fingerprint density at radius 2 is 2.25 bits per heavy atom. The third-order valence-electron chi connectivity index (χ3n) is 1.89. The van der Waals surface area contributed by atoms with Gasteiger partial charge >= 0.3 is 0 Å². The van der Waals surface area contributed by atoms with Gasteiger partial charge in [-0.25, -0.2) is 0 Å². The normalized spacial score (nSPS) is 23.2. The number of ether oxygens (including phenoxy) is 2. The van der Waals surface area contributed by atoms with Crippen molar-refractivity contribution in [3.63, 3.8) is 0 Å². The molecule has 1 rings (SSSR count). The third-order valence-corrected chi connectivity index (χ3v) is 1.89. The van der Waals surface area contributed by atoms with Crippen molar-refractivity contribution in [2.24, 2.45) is 0 Å². The zero-order valence-corrected chi connectivity index (χ0v) is 8.36. The van der Waals surface area contributed by atoms with Gasteiger partial charge < -0.3 is 14.8 Å². The van der Waals surface area contributed by atoms with Crippen LogP contribution in [-0.2, 0) is 9.47 Å². The third kappa shape index (κ3) is 4.93. The number of piperidine rings is 1. The highest BCUT2D eigenvalue weighted by molar-refractivity contribution is 5.85. The molecule has 0 radical (unpaired) electrons. The smallest absolute Gasteiger partial charge is 0.0704 e. The van der Waals surface area contributed by atoms with Crippen LogP contribution in [-0.4, -0.2) is 39.5 Å². The van der Waals surface area contributed by atoms with E-state index in [9.17, 15) is 0 Å². The van der Waals surface area contributed by atoms with Crippen LogP contribution < -0.4 is 5.32 Å². The summed E-state index contributed by atoms with van der Waals surface area (Å²) in [6.45, 7) is 3.58. The topological polar surface area (TPSA) is 30.5 Å². The van der Waals surface area contributed by atoms with Crippen LogP contribution in [0.15, 0.2) is 0 Å². The molecule has 0 bridgehead atoms. The Labute approximate surface area is 80.2 Å². The van der Waals surface area contributed by atoms with Crippen molar-refractivity contribution in [3.8, 4) is 0 Å². The van der Waals surface area contributed by atoms with E-state index in [1.165, 1.54) is 12.8 Å². The molecule has 0 aromatic carbocycles. The van der Waals surface area contributed by atoms with E-state index in [-0.39, 0.29) is 12.4 Å². The zero-order chi connectivity index (χ0) is 7.94. The quantitative estimate of drug-likeness (QED) is 0.674. The van der Waals surface area contributed by atoms with E-state index in [1.54, 1.807) is 7.11 Å². The lowest BCUT2D eigenvalue weighted by molar-refractivity contribution is 0.00644. The van der Waals surface area contributed by atoms with Crippen LogP contribution in [0.5, 0.6) is 0 Å². The fourth-order valence-corrected chi connectivity index (χ4v) is 1.26. The van der Waals surface area contributed by atoms with E-state index >= 15 is 0 Å². The summed E-state index contributed by atoms with van der Waals surface area (Å²) >= 11 is 0. The van der Waals surface area contributed by atoms with Gasteiger partial charge in [0, 0.05) is 13.7 Å². The van der Waals surface area contributed by atoms with Gasteiger partial charge in [0.05, 0.1) is 19.3 Å².